The summed E-state index contributed by atoms with van der Waals surface area (Å²) in [4.78, 5) is 16.8. The second-order valence-corrected chi connectivity index (χ2v) is 9.95. The van der Waals surface area contributed by atoms with Crippen molar-refractivity contribution in [2.24, 2.45) is 4.99 Å². The summed E-state index contributed by atoms with van der Waals surface area (Å²) in [6, 6.07) is 15.3. The molecule has 4 nitrogen and oxygen atoms in total. The van der Waals surface area contributed by atoms with E-state index >= 15 is 0 Å². The SMILES string of the molecule is CCCCCCCCCCOc1ccc(N=Cc2ccc(C(=O)OCCCCCCCCC)cc2)cc1. The second kappa shape index (κ2) is 20.4. The van der Waals surface area contributed by atoms with E-state index in [4.69, 9.17) is 9.47 Å². The Balaban J connectivity index is 1.61. The van der Waals surface area contributed by atoms with Gasteiger partial charge in [0.1, 0.15) is 5.75 Å². The van der Waals surface area contributed by atoms with Gasteiger partial charge in [0.15, 0.2) is 0 Å². The van der Waals surface area contributed by atoms with Crippen LogP contribution in [0.25, 0.3) is 0 Å². The molecule has 0 heterocycles. The lowest BCUT2D eigenvalue weighted by Crippen LogP contribution is -2.06. The number of hydrogen-bond acceptors (Lipinski definition) is 4. The van der Waals surface area contributed by atoms with Crippen LogP contribution in [-0.2, 0) is 4.74 Å². The summed E-state index contributed by atoms with van der Waals surface area (Å²) < 4.78 is 11.3. The summed E-state index contributed by atoms with van der Waals surface area (Å²) >= 11 is 0. The van der Waals surface area contributed by atoms with Crippen LogP contribution in [0, 0.1) is 0 Å². The van der Waals surface area contributed by atoms with Gasteiger partial charge in [0.05, 0.1) is 24.5 Å². The van der Waals surface area contributed by atoms with Gasteiger partial charge in [-0.25, -0.2) is 4.79 Å². The Morgan fingerprint density at radius 3 is 1.73 bits per heavy atom. The van der Waals surface area contributed by atoms with Crippen molar-refractivity contribution in [1.82, 2.24) is 0 Å². The van der Waals surface area contributed by atoms with Gasteiger partial charge in [0, 0.05) is 6.21 Å². The van der Waals surface area contributed by atoms with Crippen LogP contribution in [0.3, 0.4) is 0 Å². The first-order valence-corrected chi connectivity index (χ1v) is 14.8. The monoisotopic (exact) mass is 507 g/mol. The average molecular weight is 508 g/mol. The van der Waals surface area contributed by atoms with E-state index in [1.165, 1.54) is 77.0 Å². The van der Waals surface area contributed by atoms with E-state index in [1.54, 1.807) is 12.1 Å². The summed E-state index contributed by atoms with van der Waals surface area (Å²) in [5.74, 6) is 0.637. The van der Waals surface area contributed by atoms with Gasteiger partial charge in [-0.15, -0.1) is 0 Å². The van der Waals surface area contributed by atoms with Crippen LogP contribution in [0.4, 0.5) is 5.69 Å². The minimum atomic E-state index is -0.253. The molecule has 2 aromatic carbocycles. The second-order valence-electron chi connectivity index (χ2n) is 9.95. The van der Waals surface area contributed by atoms with E-state index in [0.29, 0.717) is 12.2 Å². The predicted octanol–water partition coefficient (Wildman–Crippen LogP) is 9.86. The van der Waals surface area contributed by atoms with E-state index in [2.05, 4.69) is 18.8 Å². The Morgan fingerprint density at radius 1 is 0.649 bits per heavy atom. The van der Waals surface area contributed by atoms with Gasteiger partial charge in [-0.2, -0.15) is 0 Å². The standard InChI is InChI=1S/C33H49NO3/c1-3-5-7-9-11-13-14-16-26-36-32-24-22-31(23-25-32)34-28-29-18-20-30(21-19-29)33(35)37-27-17-15-12-10-8-6-4-2/h18-25,28H,3-17,26-27H2,1-2H3. The first-order valence-electron chi connectivity index (χ1n) is 14.8. The number of hydrogen-bond donors (Lipinski definition) is 0. The third-order valence-corrected chi connectivity index (χ3v) is 6.59. The Morgan fingerprint density at radius 2 is 1.16 bits per heavy atom. The minimum absolute atomic E-state index is 0.253. The number of carbonyl (C=O) groups excluding carboxylic acids is 1. The molecule has 0 saturated heterocycles. The van der Waals surface area contributed by atoms with Gasteiger partial charge in [0.25, 0.3) is 0 Å². The number of benzene rings is 2. The number of nitrogens with zero attached hydrogens (tertiary/aromatic N) is 1. The predicted molar refractivity (Wildman–Crippen MR) is 157 cm³/mol. The molecule has 0 fully saturated rings. The summed E-state index contributed by atoms with van der Waals surface area (Å²) in [6.45, 7) is 5.75. The number of ether oxygens (including phenoxy) is 2. The smallest absolute Gasteiger partial charge is 0.338 e. The molecule has 0 saturated carbocycles. The molecule has 0 bridgehead atoms. The van der Waals surface area contributed by atoms with Crippen LogP contribution in [0.15, 0.2) is 53.5 Å². The van der Waals surface area contributed by atoms with Crippen LogP contribution >= 0.6 is 0 Å². The van der Waals surface area contributed by atoms with Gasteiger partial charge in [-0.05, 0) is 54.8 Å². The van der Waals surface area contributed by atoms with Crippen LogP contribution in [0.5, 0.6) is 5.75 Å². The number of unbranched alkanes of at least 4 members (excludes halogenated alkanes) is 13. The highest BCUT2D eigenvalue weighted by Gasteiger charge is 2.06. The van der Waals surface area contributed by atoms with Crippen molar-refractivity contribution in [2.75, 3.05) is 13.2 Å². The summed E-state index contributed by atoms with van der Waals surface area (Å²) in [6.07, 6.45) is 20.7. The third kappa shape index (κ3) is 14.6. The van der Waals surface area contributed by atoms with Crippen molar-refractivity contribution in [3.8, 4) is 5.75 Å². The zero-order chi connectivity index (χ0) is 26.4. The van der Waals surface area contributed by atoms with E-state index < -0.39 is 0 Å². The summed E-state index contributed by atoms with van der Waals surface area (Å²) in [5, 5.41) is 0. The summed E-state index contributed by atoms with van der Waals surface area (Å²) in [5.41, 5.74) is 2.40. The zero-order valence-corrected chi connectivity index (χ0v) is 23.4. The van der Waals surface area contributed by atoms with Crippen LogP contribution in [0.2, 0.25) is 0 Å². The topological polar surface area (TPSA) is 47.9 Å². The number of aliphatic imine (C=N–C) groups is 1. The van der Waals surface area contributed by atoms with Crippen LogP contribution < -0.4 is 4.74 Å². The summed E-state index contributed by atoms with van der Waals surface area (Å²) in [7, 11) is 0. The van der Waals surface area contributed by atoms with Crippen molar-refractivity contribution in [3.63, 3.8) is 0 Å². The molecule has 0 radical (unpaired) electrons. The molecule has 0 N–H and O–H groups in total. The fourth-order valence-corrected chi connectivity index (χ4v) is 4.22. The third-order valence-electron chi connectivity index (χ3n) is 6.59. The Bertz CT molecular complexity index is 858. The highest BCUT2D eigenvalue weighted by Crippen LogP contribution is 2.19. The molecule has 2 aromatic rings. The van der Waals surface area contributed by atoms with E-state index in [-0.39, 0.29) is 5.97 Å². The molecule has 37 heavy (non-hydrogen) atoms. The van der Waals surface area contributed by atoms with Crippen LogP contribution in [-0.4, -0.2) is 25.4 Å². The molecule has 0 spiro atoms. The van der Waals surface area contributed by atoms with Gasteiger partial charge in [-0.3, -0.25) is 4.99 Å². The first-order chi connectivity index (χ1) is 18.2. The lowest BCUT2D eigenvalue weighted by atomic mass is 10.1. The fourth-order valence-electron chi connectivity index (χ4n) is 4.22. The number of carbonyl (C=O) groups is 1. The molecular weight excluding hydrogens is 458 g/mol. The van der Waals surface area contributed by atoms with E-state index in [1.807, 2.05) is 42.6 Å². The molecule has 0 aliphatic heterocycles. The normalized spacial score (nSPS) is 11.2. The Labute approximate surface area is 225 Å². The maximum absolute atomic E-state index is 12.2. The van der Waals surface area contributed by atoms with Crippen LogP contribution in [0.1, 0.15) is 126 Å². The molecule has 0 aliphatic carbocycles. The molecule has 0 amide bonds. The van der Waals surface area contributed by atoms with E-state index in [0.717, 1.165) is 42.9 Å². The zero-order valence-electron chi connectivity index (χ0n) is 23.4. The lowest BCUT2D eigenvalue weighted by molar-refractivity contribution is 0.0497. The maximum atomic E-state index is 12.2. The average Bonchev–Trinajstić information content (AvgIpc) is 2.93. The molecular formula is C33H49NO3. The Hall–Kier alpha value is -2.62. The Kier molecular flexibility index (Phi) is 16.9. The lowest BCUT2D eigenvalue weighted by Gasteiger charge is -2.06. The van der Waals surface area contributed by atoms with Crippen molar-refractivity contribution < 1.29 is 14.3 Å². The van der Waals surface area contributed by atoms with Gasteiger partial charge in [0.2, 0.25) is 0 Å². The molecule has 204 valence electrons. The van der Waals surface area contributed by atoms with Crippen molar-refractivity contribution in [2.45, 2.75) is 110 Å². The fraction of sp³-hybridized carbons (Fsp3) is 0.576. The highest BCUT2D eigenvalue weighted by molar-refractivity contribution is 5.91. The van der Waals surface area contributed by atoms with Crippen molar-refractivity contribution in [3.05, 3.63) is 59.7 Å². The molecule has 0 aliphatic rings. The molecule has 0 unspecified atom stereocenters. The maximum Gasteiger partial charge on any atom is 0.338 e. The van der Waals surface area contributed by atoms with E-state index in [9.17, 15) is 4.79 Å². The highest BCUT2D eigenvalue weighted by atomic mass is 16.5. The first kappa shape index (κ1) is 30.6. The van der Waals surface area contributed by atoms with Crippen molar-refractivity contribution in [1.29, 1.82) is 0 Å². The number of esters is 1. The quantitative estimate of drug-likeness (QED) is 0.0959. The largest absolute Gasteiger partial charge is 0.494 e. The molecule has 2 rings (SSSR count). The van der Waals surface area contributed by atoms with Crippen molar-refractivity contribution >= 4 is 17.9 Å². The molecule has 0 atom stereocenters. The van der Waals surface area contributed by atoms with Gasteiger partial charge < -0.3 is 9.47 Å². The van der Waals surface area contributed by atoms with Gasteiger partial charge >= 0.3 is 5.97 Å². The minimum Gasteiger partial charge on any atom is -0.494 e. The number of rotatable bonds is 21. The molecule has 0 aromatic heterocycles. The van der Waals surface area contributed by atoms with Gasteiger partial charge in [-0.1, -0.05) is 109 Å². The molecule has 4 heteroatoms.